The number of rotatable bonds is 12. The van der Waals surface area contributed by atoms with Crippen LogP contribution in [0.1, 0.15) is 65.4 Å². The van der Waals surface area contributed by atoms with Crippen LogP contribution in [-0.2, 0) is 20.9 Å². The molecule has 2 atom stereocenters. The van der Waals surface area contributed by atoms with Gasteiger partial charge in [-0.15, -0.1) is 0 Å². The molecule has 1 saturated heterocycles. The molecule has 9 nitrogen and oxygen atoms in total. The summed E-state index contributed by atoms with van der Waals surface area (Å²) in [7, 11) is 0. The minimum absolute atomic E-state index is 0.00517. The fraction of sp³-hybridized carbons (Fsp3) is 0.577. The predicted octanol–water partition coefficient (Wildman–Crippen LogP) is 4.58. The minimum Gasteiger partial charge on any atom is -0.464 e. The SMILES string of the molecule is CCCC(=O)OCc1ccc(NC2CCOC(CC(C)(C)O)C2)c(Nc2cnc(OCC)nc2)c1. The molecule has 0 amide bonds. The van der Waals surface area contributed by atoms with Crippen molar-refractivity contribution in [3.63, 3.8) is 0 Å². The molecule has 0 saturated carbocycles. The van der Waals surface area contributed by atoms with Gasteiger partial charge < -0.3 is 30.0 Å². The van der Waals surface area contributed by atoms with Gasteiger partial charge in [0.05, 0.1) is 47.8 Å². The van der Waals surface area contributed by atoms with Crippen molar-refractivity contribution in [2.45, 2.75) is 84.2 Å². The maximum atomic E-state index is 11.8. The molecule has 35 heavy (non-hydrogen) atoms. The Morgan fingerprint density at radius 1 is 1.23 bits per heavy atom. The second-order valence-electron chi connectivity index (χ2n) is 9.48. The average Bonchev–Trinajstić information content (AvgIpc) is 2.80. The van der Waals surface area contributed by atoms with Gasteiger partial charge in [0.1, 0.15) is 6.61 Å². The molecule has 0 radical (unpaired) electrons. The van der Waals surface area contributed by atoms with E-state index in [1.54, 1.807) is 26.2 Å². The maximum absolute atomic E-state index is 11.8. The van der Waals surface area contributed by atoms with Crippen LogP contribution in [0, 0.1) is 0 Å². The number of aromatic nitrogens is 2. The molecule has 2 unspecified atom stereocenters. The number of carbonyl (C=O) groups excluding carboxylic acids is 1. The average molecular weight is 487 g/mol. The molecule has 0 spiro atoms. The fourth-order valence-electron chi connectivity index (χ4n) is 4.02. The lowest BCUT2D eigenvalue weighted by molar-refractivity contribution is -0.145. The van der Waals surface area contributed by atoms with Crippen molar-refractivity contribution in [3.8, 4) is 6.01 Å². The van der Waals surface area contributed by atoms with E-state index in [1.807, 2.05) is 32.0 Å². The van der Waals surface area contributed by atoms with Gasteiger partial charge in [0.15, 0.2) is 0 Å². The molecule has 1 aliphatic heterocycles. The first kappa shape index (κ1) is 26.7. The maximum Gasteiger partial charge on any atom is 0.316 e. The summed E-state index contributed by atoms with van der Waals surface area (Å²) in [5, 5.41) is 17.2. The number of nitrogens with zero attached hydrogens (tertiary/aromatic N) is 2. The lowest BCUT2D eigenvalue weighted by Crippen LogP contribution is -2.38. The van der Waals surface area contributed by atoms with Gasteiger partial charge in [-0.2, -0.15) is 0 Å². The van der Waals surface area contributed by atoms with Crippen molar-refractivity contribution in [1.29, 1.82) is 0 Å². The van der Waals surface area contributed by atoms with Crippen molar-refractivity contribution in [2.75, 3.05) is 23.8 Å². The van der Waals surface area contributed by atoms with Crippen LogP contribution in [-0.4, -0.2) is 52.0 Å². The Morgan fingerprint density at radius 3 is 2.69 bits per heavy atom. The van der Waals surface area contributed by atoms with Crippen molar-refractivity contribution < 1.29 is 24.1 Å². The highest BCUT2D eigenvalue weighted by atomic mass is 16.5. The van der Waals surface area contributed by atoms with Crippen LogP contribution in [0.2, 0.25) is 0 Å². The van der Waals surface area contributed by atoms with E-state index in [4.69, 9.17) is 14.2 Å². The van der Waals surface area contributed by atoms with E-state index in [0.29, 0.717) is 37.8 Å². The normalized spacial score (nSPS) is 18.1. The van der Waals surface area contributed by atoms with Gasteiger partial charge in [0.2, 0.25) is 0 Å². The second-order valence-corrected chi connectivity index (χ2v) is 9.48. The Kier molecular flexibility index (Phi) is 9.68. The third-order valence-electron chi connectivity index (χ3n) is 5.57. The van der Waals surface area contributed by atoms with E-state index in [1.165, 1.54) is 0 Å². The Morgan fingerprint density at radius 2 is 2.00 bits per heavy atom. The standard InChI is InChI=1S/C26H38N4O5/c1-5-7-24(31)35-17-18-8-9-22(29-19-10-11-34-21(13-19)14-26(3,4)32)23(12-18)30-20-15-27-25(28-16-20)33-6-2/h8-9,12,15-16,19,21,29-30,32H,5-7,10-11,13-14,17H2,1-4H3. The van der Waals surface area contributed by atoms with Crippen LogP contribution in [0.3, 0.4) is 0 Å². The van der Waals surface area contributed by atoms with E-state index in [0.717, 1.165) is 36.2 Å². The number of carbonyl (C=O) groups is 1. The van der Waals surface area contributed by atoms with E-state index >= 15 is 0 Å². The lowest BCUT2D eigenvalue weighted by Gasteiger charge is -2.34. The fourth-order valence-corrected chi connectivity index (χ4v) is 4.02. The van der Waals surface area contributed by atoms with Gasteiger partial charge in [-0.3, -0.25) is 4.79 Å². The predicted molar refractivity (Wildman–Crippen MR) is 135 cm³/mol. The molecule has 3 N–H and O–H groups in total. The number of hydrogen-bond acceptors (Lipinski definition) is 9. The largest absolute Gasteiger partial charge is 0.464 e. The molecule has 2 heterocycles. The van der Waals surface area contributed by atoms with Crippen molar-refractivity contribution in [2.24, 2.45) is 0 Å². The molecule has 0 bridgehead atoms. The highest BCUT2D eigenvalue weighted by Gasteiger charge is 2.28. The summed E-state index contributed by atoms with van der Waals surface area (Å²) >= 11 is 0. The Labute approximate surface area is 207 Å². The van der Waals surface area contributed by atoms with Gasteiger partial charge in [-0.05, 0) is 57.7 Å². The Balaban J connectivity index is 1.76. The Hall–Kier alpha value is -2.91. The second kappa shape index (κ2) is 12.7. The summed E-state index contributed by atoms with van der Waals surface area (Å²) in [4.78, 5) is 20.3. The lowest BCUT2D eigenvalue weighted by atomic mass is 9.93. The number of benzene rings is 1. The number of nitrogens with one attached hydrogen (secondary N) is 2. The smallest absolute Gasteiger partial charge is 0.316 e. The molecule has 1 fully saturated rings. The molecule has 2 aromatic rings. The molecular formula is C26H38N4O5. The van der Waals surface area contributed by atoms with E-state index < -0.39 is 5.60 Å². The van der Waals surface area contributed by atoms with Crippen LogP contribution < -0.4 is 15.4 Å². The van der Waals surface area contributed by atoms with Crippen LogP contribution >= 0.6 is 0 Å². The molecular weight excluding hydrogens is 448 g/mol. The van der Waals surface area contributed by atoms with E-state index in [2.05, 4.69) is 20.6 Å². The monoisotopic (exact) mass is 486 g/mol. The first-order valence-corrected chi connectivity index (χ1v) is 12.4. The molecule has 1 aromatic carbocycles. The van der Waals surface area contributed by atoms with E-state index in [9.17, 15) is 9.90 Å². The van der Waals surface area contributed by atoms with Crippen LogP contribution in [0.15, 0.2) is 30.6 Å². The summed E-state index contributed by atoms with van der Waals surface area (Å²) in [6.45, 7) is 8.79. The highest BCUT2D eigenvalue weighted by Crippen LogP contribution is 2.31. The third kappa shape index (κ3) is 8.99. The molecule has 0 aliphatic carbocycles. The van der Waals surface area contributed by atoms with Gasteiger partial charge in [-0.1, -0.05) is 13.0 Å². The third-order valence-corrected chi connectivity index (χ3v) is 5.57. The zero-order valence-electron chi connectivity index (χ0n) is 21.2. The molecule has 1 aliphatic rings. The Bertz CT molecular complexity index is 946. The van der Waals surface area contributed by atoms with Gasteiger partial charge in [0.25, 0.3) is 0 Å². The van der Waals surface area contributed by atoms with Crippen LogP contribution in [0.4, 0.5) is 17.1 Å². The zero-order valence-corrected chi connectivity index (χ0v) is 21.2. The number of aliphatic hydroxyl groups is 1. The summed E-state index contributed by atoms with van der Waals surface area (Å²) < 4.78 is 16.6. The van der Waals surface area contributed by atoms with Crippen LogP contribution in [0.5, 0.6) is 6.01 Å². The number of ether oxygens (including phenoxy) is 3. The summed E-state index contributed by atoms with van der Waals surface area (Å²) in [5.74, 6) is -0.204. The zero-order chi connectivity index (χ0) is 25.3. The molecule has 192 valence electrons. The van der Waals surface area contributed by atoms with Gasteiger partial charge in [-0.25, -0.2) is 9.97 Å². The topological polar surface area (TPSA) is 115 Å². The summed E-state index contributed by atoms with van der Waals surface area (Å²) in [6.07, 6.45) is 6.75. The van der Waals surface area contributed by atoms with Crippen LogP contribution in [0.25, 0.3) is 0 Å². The molecule has 1 aromatic heterocycles. The van der Waals surface area contributed by atoms with Crippen molar-refractivity contribution in [1.82, 2.24) is 9.97 Å². The first-order valence-electron chi connectivity index (χ1n) is 12.4. The first-order chi connectivity index (χ1) is 16.8. The number of esters is 1. The quantitative estimate of drug-likeness (QED) is 0.371. The van der Waals surface area contributed by atoms with Gasteiger partial charge >= 0.3 is 12.0 Å². The highest BCUT2D eigenvalue weighted by molar-refractivity contribution is 5.75. The van der Waals surface area contributed by atoms with Crippen molar-refractivity contribution in [3.05, 3.63) is 36.2 Å². The number of anilines is 3. The summed E-state index contributed by atoms with van der Waals surface area (Å²) in [5.41, 5.74) is 2.55. The molecule has 9 heteroatoms. The summed E-state index contributed by atoms with van der Waals surface area (Å²) in [6, 6.07) is 6.43. The van der Waals surface area contributed by atoms with Gasteiger partial charge in [0, 0.05) is 25.5 Å². The number of hydrogen-bond donors (Lipinski definition) is 3. The van der Waals surface area contributed by atoms with E-state index in [-0.39, 0.29) is 24.7 Å². The minimum atomic E-state index is -0.774. The molecule has 3 rings (SSSR count). The van der Waals surface area contributed by atoms with Crippen molar-refractivity contribution >= 4 is 23.0 Å².